The van der Waals surface area contributed by atoms with Crippen molar-refractivity contribution in [2.45, 2.75) is 0 Å². The lowest BCUT2D eigenvalue weighted by Crippen LogP contribution is -2.31. The average Bonchev–Trinajstić information content (AvgIpc) is 2.52. The van der Waals surface area contributed by atoms with Crippen LogP contribution >= 0.6 is 27.5 Å². The second-order valence-corrected chi connectivity index (χ2v) is 5.97. The molecule has 7 nitrogen and oxygen atoms in total. The van der Waals surface area contributed by atoms with E-state index in [0.29, 0.717) is 16.5 Å². The Morgan fingerprint density at radius 1 is 1.17 bits per heavy atom. The Bertz CT molecular complexity index is 765. The molecular weight excluding hydrogens is 400 g/mol. The zero-order chi connectivity index (χ0) is 17.7. The second-order valence-electron chi connectivity index (χ2n) is 4.62. The fourth-order valence-electron chi connectivity index (χ4n) is 1.94. The molecule has 9 heteroatoms. The number of anilines is 2. The molecule has 0 unspecified atom stereocenters. The Balaban J connectivity index is 2.22. The number of nitrogens with one attached hydrogen (secondary N) is 3. The number of carbonyl (C=O) groups excluding carboxylic acids is 2. The number of nitrogen functional groups attached to an aromatic ring is 1. The number of carbonyl (C=O) groups is 2. The van der Waals surface area contributed by atoms with Crippen LogP contribution in [0.5, 0.6) is 5.75 Å². The first-order valence-electron chi connectivity index (χ1n) is 6.66. The fourth-order valence-corrected chi connectivity index (χ4v) is 2.80. The van der Waals surface area contributed by atoms with E-state index in [1.807, 2.05) is 5.43 Å². The molecule has 0 saturated carbocycles. The highest BCUT2D eigenvalue weighted by atomic mass is 79.9. The molecule has 0 heterocycles. The van der Waals surface area contributed by atoms with Gasteiger partial charge >= 0.3 is 6.03 Å². The molecule has 3 amide bonds. The summed E-state index contributed by atoms with van der Waals surface area (Å²) in [6.07, 6.45) is 0. The van der Waals surface area contributed by atoms with Gasteiger partial charge in [0.1, 0.15) is 5.75 Å². The number of hydrazine groups is 1. The van der Waals surface area contributed by atoms with E-state index >= 15 is 0 Å². The SMILES string of the molecule is COc1ccc(C(=O)NN)c(NC(=O)Nc2cc(Cl)cc(Br)c2)c1. The summed E-state index contributed by atoms with van der Waals surface area (Å²) in [7, 11) is 1.48. The van der Waals surface area contributed by atoms with Gasteiger partial charge in [-0.3, -0.25) is 10.2 Å². The zero-order valence-electron chi connectivity index (χ0n) is 12.5. The predicted octanol–water partition coefficient (Wildman–Crippen LogP) is 3.36. The van der Waals surface area contributed by atoms with Gasteiger partial charge in [-0.15, -0.1) is 0 Å². The van der Waals surface area contributed by atoms with Gasteiger partial charge in [0, 0.05) is 21.2 Å². The monoisotopic (exact) mass is 412 g/mol. The van der Waals surface area contributed by atoms with Crippen molar-refractivity contribution >= 4 is 50.8 Å². The number of urea groups is 1. The number of hydrogen-bond acceptors (Lipinski definition) is 4. The Labute approximate surface area is 151 Å². The van der Waals surface area contributed by atoms with Crippen LogP contribution in [0.25, 0.3) is 0 Å². The fraction of sp³-hybridized carbons (Fsp3) is 0.0667. The molecule has 0 aliphatic carbocycles. The van der Waals surface area contributed by atoms with E-state index < -0.39 is 11.9 Å². The Hall–Kier alpha value is -2.29. The van der Waals surface area contributed by atoms with E-state index in [1.165, 1.54) is 19.2 Å². The molecule has 24 heavy (non-hydrogen) atoms. The molecule has 0 bridgehead atoms. The van der Waals surface area contributed by atoms with Gasteiger partial charge < -0.3 is 15.4 Å². The maximum atomic E-state index is 12.2. The standard InChI is InChI=1S/C15H14BrClN4O3/c1-24-11-2-3-12(14(22)21-18)13(7-11)20-15(23)19-10-5-8(16)4-9(17)6-10/h2-7H,18H2,1H3,(H,21,22)(H2,19,20,23). The number of amides is 3. The van der Waals surface area contributed by atoms with Crippen LogP contribution in [-0.2, 0) is 0 Å². The number of methoxy groups -OCH3 is 1. The van der Waals surface area contributed by atoms with Gasteiger partial charge in [0.15, 0.2) is 0 Å². The van der Waals surface area contributed by atoms with E-state index in [2.05, 4.69) is 26.6 Å². The summed E-state index contributed by atoms with van der Waals surface area (Å²) >= 11 is 9.22. The summed E-state index contributed by atoms with van der Waals surface area (Å²) in [6, 6.07) is 9.00. The number of rotatable bonds is 4. The molecular formula is C15H14BrClN4O3. The molecule has 0 saturated heterocycles. The predicted molar refractivity (Wildman–Crippen MR) is 96.4 cm³/mol. The number of nitrogens with two attached hydrogens (primary N) is 1. The summed E-state index contributed by atoms with van der Waals surface area (Å²) < 4.78 is 5.81. The Morgan fingerprint density at radius 2 is 1.92 bits per heavy atom. The minimum absolute atomic E-state index is 0.195. The van der Waals surface area contributed by atoms with Crippen LogP contribution in [0.2, 0.25) is 5.02 Å². The molecule has 0 aromatic heterocycles. The third kappa shape index (κ3) is 4.60. The maximum Gasteiger partial charge on any atom is 0.323 e. The first-order valence-corrected chi connectivity index (χ1v) is 7.83. The first-order chi connectivity index (χ1) is 11.4. The van der Waals surface area contributed by atoms with Crippen LogP contribution in [0.15, 0.2) is 40.9 Å². The van der Waals surface area contributed by atoms with Gasteiger partial charge in [0.2, 0.25) is 0 Å². The van der Waals surface area contributed by atoms with Gasteiger partial charge in [0.05, 0.1) is 18.4 Å². The maximum absolute atomic E-state index is 12.2. The molecule has 0 fully saturated rings. The lowest BCUT2D eigenvalue weighted by Gasteiger charge is -2.13. The van der Waals surface area contributed by atoms with Crippen LogP contribution in [0.3, 0.4) is 0 Å². The van der Waals surface area contributed by atoms with Gasteiger partial charge in [-0.2, -0.15) is 0 Å². The summed E-state index contributed by atoms with van der Waals surface area (Å²) in [6.45, 7) is 0. The normalized spacial score (nSPS) is 10.0. The van der Waals surface area contributed by atoms with E-state index in [-0.39, 0.29) is 11.3 Å². The van der Waals surface area contributed by atoms with Crippen molar-refractivity contribution in [2.75, 3.05) is 17.7 Å². The number of halogens is 2. The third-order valence-corrected chi connectivity index (χ3v) is 3.65. The lowest BCUT2D eigenvalue weighted by molar-refractivity contribution is 0.0954. The van der Waals surface area contributed by atoms with E-state index in [4.69, 9.17) is 22.2 Å². The second kappa shape index (κ2) is 8.00. The molecule has 0 atom stereocenters. The Morgan fingerprint density at radius 3 is 2.54 bits per heavy atom. The van der Waals surface area contributed by atoms with Gasteiger partial charge in [0.25, 0.3) is 5.91 Å². The van der Waals surface area contributed by atoms with Crippen molar-refractivity contribution in [3.63, 3.8) is 0 Å². The summed E-state index contributed by atoms with van der Waals surface area (Å²) in [5.74, 6) is 5.09. The van der Waals surface area contributed by atoms with Crippen LogP contribution in [0, 0.1) is 0 Å². The summed E-state index contributed by atoms with van der Waals surface area (Å²) in [4.78, 5) is 24.0. The molecule has 0 spiro atoms. The van der Waals surface area contributed by atoms with Crippen LogP contribution < -0.4 is 26.6 Å². The highest BCUT2D eigenvalue weighted by Crippen LogP contribution is 2.25. The molecule has 126 valence electrons. The van der Waals surface area contributed by atoms with Gasteiger partial charge in [-0.1, -0.05) is 27.5 Å². The topological polar surface area (TPSA) is 105 Å². The molecule has 2 rings (SSSR count). The third-order valence-electron chi connectivity index (χ3n) is 2.97. The molecule has 5 N–H and O–H groups in total. The zero-order valence-corrected chi connectivity index (χ0v) is 14.9. The minimum atomic E-state index is -0.552. The largest absolute Gasteiger partial charge is 0.497 e. The van der Waals surface area contributed by atoms with E-state index in [9.17, 15) is 9.59 Å². The van der Waals surface area contributed by atoms with Crippen molar-refractivity contribution in [3.05, 3.63) is 51.5 Å². The van der Waals surface area contributed by atoms with E-state index in [1.54, 1.807) is 24.3 Å². The highest BCUT2D eigenvalue weighted by Gasteiger charge is 2.14. The number of ether oxygens (including phenoxy) is 1. The van der Waals surface area contributed by atoms with Crippen molar-refractivity contribution in [1.29, 1.82) is 0 Å². The summed E-state index contributed by atoms with van der Waals surface area (Å²) in [5, 5.41) is 5.67. The first kappa shape index (κ1) is 18.1. The van der Waals surface area contributed by atoms with Crippen molar-refractivity contribution in [1.82, 2.24) is 5.43 Å². The van der Waals surface area contributed by atoms with Crippen LogP contribution in [0.4, 0.5) is 16.2 Å². The molecule has 0 aliphatic rings. The van der Waals surface area contributed by atoms with Gasteiger partial charge in [-0.05, 0) is 30.3 Å². The molecule has 0 radical (unpaired) electrons. The number of benzene rings is 2. The smallest absolute Gasteiger partial charge is 0.323 e. The molecule has 2 aromatic rings. The number of hydrogen-bond donors (Lipinski definition) is 4. The average molecular weight is 414 g/mol. The molecule has 0 aliphatic heterocycles. The van der Waals surface area contributed by atoms with Crippen molar-refractivity contribution in [3.8, 4) is 5.75 Å². The highest BCUT2D eigenvalue weighted by molar-refractivity contribution is 9.10. The minimum Gasteiger partial charge on any atom is -0.497 e. The quantitative estimate of drug-likeness (QED) is 0.350. The lowest BCUT2D eigenvalue weighted by atomic mass is 10.1. The van der Waals surface area contributed by atoms with Crippen LogP contribution in [0.1, 0.15) is 10.4 Å². The van der Waals surface area contributed by atoms with E-state index in [0.717, 1.165) is 4.47 Å². The van der Waals surface area contributed by atoms with Gasteiger partial charge in [-0.25, -0.2) is 10.6 Å². The Kier molecular flexibility index (Phi) is 6.02. The van der Waals surface area contributed by atoms with Crippen LogP contribution in [-0.4, -0.2) is 19.0 Å². The molecule has 2 aromatic carbocycles. The summed E-state index contributed by atoms with van der Waals surface area (Å²) in [5.41, 5.74) is 2.95. The van der Waals surface area contributed by atoms with Crippen molar-refractivity contribution in [2.24, 2.45) is 5.84 Å². The van der Waals surface area contributed by atoms with Crippen molar-refractivity contribution < 1.29 is 14.3 Å².